The maximum absolute atomic E-state index is 9.22. The Morgan fingerprint density at radius 2 is 1.70 bits per heavy atom. The molecule has 0 aliphatic carbocycles. The van der Waals surface area contributed by atoms with E-state index in [0.29, 0.717) is 11.6 Å². The molecule has 33 heavy (non-hydrogen) atoms. The summed E-state index contributed by atoms with van der Waals surface area (Å²) in [5.41, 5.74) is 5.47. The van der Waals surface area contributed by atoms with Crippen molar-refractivity contribution in [2.45, 2.75) is 18.9 Å². The molecule has 4 aromatic rings. The molecular weight excluding hydrogens is 410 g/mol. The number of anilines is 1. The molecule has 0 atom stereocenters. The summed E-state index contributed by atoms with van der Waals surface area (Å²) in [7, 11) is 6.23. The maximum Gasteiger partial charge on any atom is 0.151 e. The van der Waals surface area contributed by atoms with E-state index in [-0.39, 0.29) is 0 Å². The minimum Gasteiger partial charge on any atom is -0.355 e. The summed E-state index contributed by atoms with van der Waals surface area (Å²) in [6.45, 7) is 1.93. The Bertz CT molecular complexity index is 1320. The number of nitriles is 1. The van der Waals surface area contributed by atoms with Crippen LogP contribution in [0.15, 0.2) is 54.7 Å². The number of fused-ring (bicyclic) bond motifs is 1. The summed E-state index contributed by atoms with van der Waals surface area (Å²) in [6, 6.07) is 18.8. The SMILES string of the molecule is CN(C)C1CCN(c2cc(-c3ccc(C#N)cc3)c(-c3ccc4nn(C)cc4c3)nn2)CC1. The van der Waals surface area contributed by atoms with Crippen molar-refractivity contribution < 1.29 is 0 Å². The van der Waals surface area contributed by atoms with Gasteiger partial charge in [0.1, 0.15) is 5.69 Å². The Morgan fingerprint density at radius 3 is 2.39 bits per heavy atom. The fourth-order valence-electron chi connectivity index (χ4n) is 4.60. The molecular formula is C26H27N7. The Kier molecular flexibility index (Phi) is 5.53. The lowest BCUT2D eigenvalue weighted by molar-refractivity contribution is 0.249. The number of piperidine rings is 1. The second kappa shape index (κ2) is 8.64. The van der Waals surface area contributed by atoms with Crippen LogP contribution < -0.4 is 4.90 Å². The molecule has 0 spiro atoms. The summed E-state index contributed by atoms with van der Waals surface area (Å²) in [5.74, 6) is 0.901. The first-order valence-electron chi connectivity index (χ1n) is 11.3. The molecule has 5 rings (SSSR count). The topological polar surface area (TPSA) is 73.9 Å². The van der Waals surface area contributed by atoms with Gasteiger partial charge in [-0.3, -0.25) is 4.68 Å². The zero-order chi connectivity index (χ0) is 22.9. The minimum atomic E-state index is 0.609. The molecule has 166 valence electrons. The number of hydrogen-bond acceptors (Lipinski definition) is 6. The Labute approximate surface area is 193 Å². The van der Waals surface area contributed by atoms with E-state index >= 15 is 0 Å². The largest absolute Gasteiger partial charge is 0.355 e. The molecule has 1 saturated heterocycles. The summed E-state index contributed by atoms with van der Waals surface area (Å²) < 4.78 is 1.82. The standard InChI is InChI=1S/C26H27N7/c1-31(2)22-10-12-33(13-11-22)25-15-23(19-6-4-18(16-27)5-7-19)26(29-28-25)20-8-9-24-21(14-20)17-32(3)30-24/h4-9,14-15,17,22H,10-13H2,1-3H3. The van der Waals surface area contributed by atoms with Gasteiger partial charge in [0, 0.05) is 48.9 Å². The van der Waals surface area contributed by atoms with Crippen molar-refractivity contribution in [1.82, 2.24) is 24.9 Å². The molecule has 2 aromatic carbocycles. The third-order valence-electron chi connectivity index (χ3n) is 6.52. The Balaban J connectivity index is 1.57. The highest BCUT2D eigenvalue weighted by molar-refractivity contribution is 5.88. The van der Waals surface area contributed by atoms with Gasteiger partial charge in [-0.15, -0.1) is 10.2 Å². The number of nitrogens with zero attached hydrogens (tertiary/aromatic N) is 7. The average Bonchev–Trinajstić information content (AvgIpc) is 3.23. The van der Waals surface area contributed by atoms with Gasteiger partial charge >= 0.3 is 0 Å². The molecule has 7 nitrogen and oxygen atoms in total. The van der Waals surface area contributed by atoms with Gasteiger partial charge in [0.25, 0.3) is 0 Å². The number of hydrogen-bond donors (Lipinski definition) is 0. The van der Waals surface area contributed by atoms with Gasteiger partial charge in [-0.25, -0.2) is 0 Å². The van der Waals surface area contributed by atoms with Gasteiger partial charge in [-0.1, -0.05) is 18.2 Å². The number of rotatable bonds is 4. The van der Waals surface area contributed by atoms with Crippen molar-refractivity contribution in [3.05, 3.63) is 60.3 Å². The van der Waals surface area contributed by atoms with E-state index in [1.165, 1.54) is 0 Å². The fraction of sp³-hybridized carbons (Fsp3) is 0.308. The highest BCUT2D eigenvalue weighted by Crippen LogP contribution is 2.34. The Morgan fingerprint density at radius 1 is 0.970 bits per heavy atom. The highest BCUT2D eigenvalue weighted by atomic mass is 15.3. The van der Waals surface area contributed by atoms with Crippen LogP contribution in [0.3, 0.4) is 0 Å². The summed E-state index contributed by atoms with van der Waals surface area (Å²) in [4.78, 5) is 4.64. The van der Waals surface area contributed by atoms with Crippen molar-refractivity contribution in [3.63, 3.8) is 0 Å². The molecule has 0 radical (unpaired) electrons. The second-order valence-corrected chi connectivity index (χ2v) is 8.91. The van der Waals surface area contributed by atoms with Crippen LogP contribution in [0.2, 0.25) is 0 Å². The van der Waals surface area contributed by atoms with E-state index < -0.39 is 0 Å². The van der Waals surface area contributed by atoms with Gasteiger partial charge in [0.15, 0.2) is 5.82 Å². The summed E-state index contributed by atoms with van der Waals surface area (Å²) in [5, 5.41) is 24.1. The van der Waals surface area contributed by atoms with E-state index in [1.807, 2.05) is 48.3 Å². The molecule has 0 saturated carbocycles. The number of aromatic nitrogens is 4. The van der Waals surface area contributed by atoms with Crippen molar-refractivity contribution in [3.8, 4) is 28.5 Å². The molecule has 0 N–H and O–H groups in total. The van der Waals surface area contributed by atoms with Crippen molar-refractivity contribution in [2.75, 3.05) is 32.1 Å². The van der Waals surface area contributed by atoms with Gasteiger partial charge < -0.3 is 9.80 Å². The lowest BCUT2D eigenvalue weighted by Gasteiger charge is -2.35. The van der Waals surface area contributed by atoms with Gasteiger partial charge in [-0.05, 0) is 62.8 Å². The first kappa shape index (κ1) is 21.1. The molecule has 1 fully saturated rings. The van der Waals surface area contributed by atoms with Crippen LogP contribution in [0.1, 0.15) is 18.4 Å². The fourth-order valence-corrected chi connectivity index (χ4v) is 4.60. The predicted octanol–water partition coefficient (Wildman–Crippen LogP) is 4.10. The van der Waals surface area contributed by atoms with E-state index in [2.05, 4.69) is 58.4 Å². The van der Waals surface area contributed by atoms with Crippen LogP contribution >= 0.6 is 0 Å². The Hall–Kier alpha value is -3.76. The monoisotopic (exact) mass is 437 g/mol. The smallest absolute Gasteiger partial charge is 0.151 e. The van der Waals surface area contributed by atoms with Gasteiger partial charge in [0.05, 0.1) is 17.1 Å². The molecule has 2 aromatic heterocycles. The molecule has 7 heteroatoms. The second-order valence-electron chi connectivity index (χ2n) is 8.91. The van der Waals surface area contributed by atoms with Crippen molar-refractivity contribution >= 4 is 16.7 Å². The number of benzene rings is 2. The molecule has 0 bridgehead atoms. The zero-order valence-corrected chi connectivity index (χ0v) is 19.2. The quantitative estimate of drug-likeness (QED) is 0.479. The molecule has 1 aliphatic rings. The highest BCUT2D eigenvalue weighted by Gasteiger charge is 2.23. The summed E-state index contributed by atoms with van der Waals surface area (Å²) in [6.07, 6.45) is 4.23. The average molecular weight is 438 g/mol. The van der Waals surface area contributed by atoms with Gasteiger partial charge in [-0.2, -0.15) is 10.4 Å². The van der Waals surface area contributed by atoms with Crippen LogP contribution in [0.25, 0.3) is 33.3 Å². The van der Waals surface area contributed by atoms with Gasteiger partial charge in [0.2, 0.25) is 0 Å². The third-order valence-corrected chi connectivity index (χ3v) is 6.52. The van der Waals surface area contributed by atoms with E-state index in [9.17, 15) is 5.26 Å². The first-order chi connectivity index (χ1) is 16.0. The minimum absolute atomic E-state index is 0.609. The van der Waals surface area contributed by atoms with E-state index in [4.69, 9.17) is 5.10 Å². The van der Waals surface area contributed by atoms with E-state index in [1.54, 1.807) is 0 Å². The number of aryl methyl sites for hydroxylation is 1. The first-order valence-corrected chi connectivity index (χ1v) is 11.3. The summed E-state index contributed by atoms with van der Waals surface area (Å²) >= 11 is 0. The van der Waals surface area contributed by atoms with Crippen LogP contribution in [-0.2, 0) is 7.05 Å². The van der Waals surface area contributed by atoms with Crippen LogP contribution in [0.5, 0.6) is 0 Å². The molecule has 1 aliphatic heterocycles. The van der Waals surface area contributed by atoms with Crippen LogP contribution in [0.4, 0.5) is 5.82 Å². The molecule has 0 amide bonds. The third kappa shape index (κ3) is 4.18. The van der Waals surface area contributed by atoms with Crippen LogP contribution in [0, 0.1) is 11.3 Å². The van der Waals surface area contributed by atoms with Crippen LogP contribution in [-0.4, -0.2) is 58.1 Å². The van der Waals surface area contributed by atoms with E-state index in [0.717, 1.165) is 65.0 Å². The zero-order valence-electron chi connectivity index (χ0n) is 19.2. The molecule has 3 heterocycles. The predicted molar refractivity (Wildman–Crippen MR) is 131 cm³/mol. The lowest BCUT2D eigenvalue weighted by Crippen LogP contribution is -2.42. The van der Waals surface area contributed by atoms with Crippen molar-refractivity contribution in [1.29, 1.82) is 5.26 Å². The normalized spacial score (nSPS) is 14.7. The molecule has 0 unspecified atom stereocenters. The maximum atomic E-state index is 9.22. The lowest BCUT2D eigenvalue weighted by atomic mass is 9.98. The van der Waals surface area contributed by atoms with Crippen molar-refractivity contribution in [2.24, 2.45) is 7.05 Å².